The minimum Gasteiger partial charge on any atom is -0.497 e. The molecule has 0 radical (unpaired) electrons. The molecule has 3 heteroatoms. The average Bonchev–Trinajstić information content (AvgIpc) is 2.81. The maximum atomic E-state index is 5.73. The Morgan fingerprint density at radius 1 is 1.48 bits per heavy atom. The van der Waals surface area contributed by atoms with Crippen molar-refractivity contribution < 1.29 is 4.74 Å². The zero-order valence-corrected chi connectivity index (χ0v) is 15.3. The quantitative estimate of drug-likeness (QED) is 0.505. The molecule has 0 spiro atoms. The predicted octanol–water partition coefficient (Wildman–Crippen LogP) is 5.00. The van der Waals surface area contributed by atoms with Gasteiger partial charge in [0, 0.05) is 24.9 Å². The van der Waals surface area contributed by atoms with Crippen molar-refractivity contribution in [2.45, 2.75) is 46.5 Å². The number of ether oxygens (including phenoxy) is 1. The van der Waals surface area contributed by atoms with Gasteiger partial charge in [0.2, 0.25) is 0 Å². The Labute approximate surface area is 141 Å². The van der Waals surface area contributed by atoms with Gasteiger partial charge < -0.3 is 10.1 Å². The molecule has 0 bridgehead atoms. The standard InChI is InChI=1S/C20H32N2O/c1-6-8-19(17-9-10-18(7-2)22-14-12-17)20(23-5)15-16(3)11-13-21-4/h8,11-17,21H,6-7,9-10H2,1-5H3/b13-11+,19-8-,20-15+. The van der Waals surface area contributed by atoms with Crippen LogP contribution in [0.15, 0.2) is 53.0 Å². The van der Waals surface area contributed by atoms with Gasteiger partial charge >= 0.3 is 0 Å². The van der Waals surface area contributed by atoms with Crippen LogP contribution in [0.5, 0.6) is 0 Å². The molecule has 0 aromatic rings. The zero-order valence-electron chi connectivity index (χ0n) is 15.3. The van der Waals surface area contributed by atoms with E-state index >= 15 is 0 Å². The second-order valence-corrected chi connectivity index (χ2v) is 5.85. The lowest BCUT2D eigenvalue weighted by Crippen LogP contribution is -2.08. The van der Waals surface area contributed by atoms with Crippen LogP contribution in [-0.2, 0) is 4.74 Å². The van der Waals surface area contributed by atoms with Crippen LogP contribution in [-0.4, -0.2) is 19.9 Å². The molecule has 0 fully saturated rings. The van der Waals surface area contributed by atoms with Crippen LogP contribution in [0.1, 0.15) is 46.5 Å². The molecule has 0 aliphatic carbocycles. The van der Waals surface area contributed by atoms with E-state index < -0.39 is 0 Å². The lowest BCUT2D eigenvalue weighted by molar-refractivity contribution is 0.291. The van der Waals surface area contributed by atoms with E-state index in [1.807, 2.05) is 19.4 Å². The first-order valence-corrected chi connectivity index (χ1v) is 8.68. The summed E-state index contributed by atoms with van der Waals surface area (Å²) in [6, 6.07) is 0. The number of methoxy groups -OCH3 is 1. The van der Waals surface area contributed by atoms with Crippen molar-refractivity contribution in [2.75, 3.05) is 14.2 Å². The van der Waals surface area contributed by atoms with Crippen LogP contribution in [0.4, 0.5) is 0 Å². The van der Waals surface area contributed by atoms with Gasteiger partial charge in [0.1, 0.15) is 5.76 Å². The van der Waals surface area contributed by atoms with Crippen LogP contribution in [0, 0.1) is 11.8 Å². The summed E-state index contributed by atoms with van der Waals surface area (Å²) < 4.78 is 5.73. The average molecular weight is 316 g/mol. The number of allylic oxidation sites excluding steroid dienone is 5. The summed E-state index contributed by atoms with van der Waals surface area (Å²) in [7, 11) is 3.67. The molecular formula is C20H32N2O. The second kappa shape index (κ2) is 10.9. The van der Waals surface area contributed by atoms with Gasteiger partial charge in [0.05, 0.1) is 7.11 Å². The Hall–Kier alpha value is -1.77. The number of aliphatic imine (C=N–C) groups is 1. The van der Waals surface area contributed by atoms with Gasteiger partial charge in [-0.2, -0.15) is 0 Å². The number of nitrogens with one attached hydrogen (secondary N) is 1. The topological polar surface area (TPSA) is 33.6 Å². The summed E-state index contributed by atoms with van der Waals surface area (Å²) >= 11 is 0. The van der Waals surface area contributed by atoms with Gasteiger partial charge in [0.15, 0.2) is 0 Å². The molecule has 3 nitrogen and oxygen atoms in total. The fourth-order valence-corrected chi connectivity index (χ4v) is 2.74. The minimum atomic E-state index is 0.315. The Morgan fingerprint density at radius 3 is 2.87 bits per heavy atom. The maximum Gasteiger partial charge on any atom is 0.118 e. The minimum absolute atomic E-state index is 0.315. The van der Waals surface area contributed by atoms with Crippen LogP contribution in [0.2, 0.25) is 0 Å². The molecule has 1 aliphatic heterocycles. The van der Waals surface area contributed by atoms with Crippen molar-refractivity contribution >= 4 is 5.71 Å². The van der Waals surface area contributed by atoms with Crippen LogP contribution in [0.3, 0.4) is 0 Å². The molecule has 0 saturated heterocycles. The molecule has 1 N–H and O–H groups in total. The van der Waals surface area contributed by atoms with Gasteiger partial charge in [-0.1, -0.05) is 39.0 Å². The highest BCUT2D eigenvalue weighted by Gasteiger charge is 2.18. The number of hydrogen-bond acceptors (Lipinski definition) is 3. The summed E-state index contributed by atoms with van der Waals surface area (Å²) in [4.78, 5) is 4.55. The molecule has 0 aromatic carbocycles. The van der Waals surface area contributed by atoms with Crippen molar-refractivity contribution in [3.63, 3.8) is 0 Å². The largest absolute Gasteiger partial charge is 0.497 e. The van der Waals surface area contributed by atoms with Crippen molar-refractivity contribution in [1.82, 2.24) is 5.32 Å². The summed E-state index contributed by atoms with van der Waals surface area (Å²) in [5.74, 6) is 1.67. The first kappa shape index (κ1) is 19.3. The molecule has 1 rings (SSSR count). The van der Waals surface area contributed by atoms with Crippen LogP contribution in [0.25, 0.3) is 0 Å². The van der Waals surface area contributed by atoms with E-state index in [9.17, 15) is 0 Å². The number of hydrogen-bond donors (Lipinski definition) is 1. The van der Waals surface area contributed by atoms with Crippen LogP contribution >= 0.6 is 0 Å². The molecule has 2 atom stereocenters. The lowest BCUT2D eigenvalue weighted by atomic mass is 9.90. The summed E-state index contributed by atoms with van der Waals surface area (Å²) in [6.45, 7) is 6.51. The Morgan fingerprint density at radius 2 is 2.26 bits per heavy atom. The van der Waals surface area contributed by atoms with Crippen molar-refractivity contribution in [1.29, 1.82) is 0 Å². The summed E-state index contributed by atoms with van der Waals surface area (Å²) in [6.07, 6.45) is 16.9. The molecule has 23 heavy (non-hydrogen) atoms. The van der Waals surface area contributed by atoms with E-state index in [1.165, 1.54) is 11.3 Å². The summed E-state index contributed by atoms with van der Waals surface area (Å²) in [5, 5.41) is 3.04. The maximum absolute atomic E-state index is 5.73. The van der Waals surface area contributed by atoms with E-state index in [2.05, 4.69) is 55.4 Å². The number of rotatable bonds is 8. The first-order valence-electron chi connectivity index (χ1n) is 8.68. The third-order valence-corrected chi connectivity index (χ3v) is 4.04. The van der Waals surface area contributed by atoms with Crippen molar-refractivity contribution in [3.05, 3.63) is 48.0 Å². The third kappa shape index (κ3) is 6.47. The molecular weight excluding hydrogens is 284 g/mol. The van der Waals surface area contributed by atoms with Crippen molar-refractivity contribution in [3.8, 4) is 0 Å². The molecule has 1 aliphatic rings. The molecule has 1 heterocycles. The molecule has 0 aromatic heterocycles. The van der Waals surface area contributed by atoms with Gasteiger partial charge in [-0.3, -0.25) is 4.99 Å². The molecule has 2 unspecified atom stereocenters. The number of nitrogens with zero attached hydrogens (tertiary/aromatic N) is 1. The normalized spacial score (nSPS) is 21.1. The molecule has 0 amide bonds. The van der Waals surface area contributed by atoms with Gasteiger partial charge in [-0.05, 0) is 49.5 Å². The first-order chi connectivity index (χ1) is 11.2. The Balaban J connectivity index is 2.98. The SMILES string of the molecule is CC/C=C(\C(=C/C(C)/C=C/NC)OC)C1C=CN=C(CC)CC1. The lowest BCUT2D eigenvalue weighted by Gasteiger charge is -2.19. The van der Waals surface area contributed by atoms with Gasteiger partial charge in [0.25, 0.3) is 0 Å². The van der Waals surface area contributed by atoms with E-state index in [-0.39, 0.29) is 0 Å². The smallest absolute Gasteiger partial charge is 0.118 e. The fraction of sp³-hybridized carbons (Fsp3) is 0.550. The molecule has 0 saturated carbocycles. The highest BCUT2D eigenvalue weighted by molar-refractivity contribution is 5.85. The Bertz CT molecular complexity index is 498. The highest BCUT2D eigenvalue weighted by atomic mass is 16.5. The van der Waals surface area contributed by atoms with E-state index in [0.717, 1.165) is 31.4 Å². The van der Waals surface area contributed by atoms with Crippen molar-refractivity contribution in [2.24, 2.45) is 16.8 Å². The fourth-order valence-electron chi connectivity index (χ4n) is 2.74. The third-order valence-electron chi connectivity index (χ3n) is 4.04. The van der Waals surface area contributed by atoms with E-state index in [0.29, 0.717) is 11.8 Å². The molecule has 128 valence electrons. The zero-order chi connectivity index (χ0) is 17.1. The van der Waals surface area contributed by atoms with Gasteiger partial charge in [-0.15, -0.1) is 0 Å². The summed E-state index contributed by atoms with van der Waals surface area (Å²) in [5.41, 5.74) is 2.57. The Kier molecular flexibility index (Phi) is 9.11. The van der Waals surface area contributed by atoms with E-state index in [4.69, 9.17) is 4.74 Å². The monoisotopic (exact) mass is 316 g/mol. The highest BCUT2D eigenvalue weighted by Crippen LogP contribution is 2.29. The van der Waals surface area contributed by atoms with Gasteiger partial charge in [-0.25, -0.2) is 0 Å². The van der Waals surface area contributed by atoms with E-state index in [1.54, 1.807) is 7.11 Å². The van der Waals surface area contributed by atoms with Crippen LogP contribution < -0.4 is 5.32 Å². The predicted molar refractivity (Wildman–Crippen MR) is 100 cm³/mol. The second-order valence-electron chi connectivity index (χ2n) is 5.85.